The van der Waals surface area contributed by atoms with E-state index in [0.717, 1.165) is 17.8 Å². The molecule has 1 amide bonds. The molecule has 1 aromatic carbocycles. The number of carbonyl (C=O) groups excluding carboxylic acids is 1. The first-order chi connectivity index (χ1) is 10.1. The van der Waals surface area contributed by atoms with Crippen LogP contribution in [0.15, 0.2) is 34.2 Å². The Morgan fingerprint density at radius 2 is 2.10 bits per heavy atom. The van der Waals surface area contributed by atoms with Crippen molar-refractivity contribution in [2.45, 2.75) is 18.8 Å². The lowest BCUT2D eigenvalue weighted by Crippen LogP contribution is -2.37. The first kappa shape index (κ1) is 14.7. The molecule has 0 unspecified atom stereocenters. The molecule has 0 atom stereocenters. The number of benzene rings is 1. The molecular formula is C15H14BrFN2OS. The third kappa shape index (κ3) is 3.32. The summed E-state index contributed by atoms with van der Waals surface area (Å²) in [6, 6.07) is 4.31. The third-order valence-corrected chi connectivity index (χ3v) is 5.09. The van der Waals surface area contributed by atoms with Crippen molar-refractivity contribution >= 4 is 33.2 Å². The van der Waals surface area contributed by atoms with Crippen LogP contribution in [0.1, 0.15) is 34.1 Å². The molecule has 0 N–H and O–H groups in total. The summed E-state index contributed by atoms with van der Waals surface area (Å²) in [5, 5.41) is 3.13. The molecule has 2 heterocycles. The topological polar surface area (TPSA) is 33.2 Å². The fraction of sp³-hybridized carbons (Fsp3) is 0.333. The number of carbonyl (C=O) groups is 1. The predicted molar refractivity (Wildman–Crippen MR) is 84.1 cm³/mol. The molecule has 3 rings (SSSR count). The van der Waals surface area contributed by atoms with Gasteiger partial charge in [-0.1, -0.05) is 15.9 Å². The first-order valence-electron chi connectivity index (χ1n) is 6.78. The van der Waals surface area contributed by atoms with E-state index in [9.17, 15) is 9.18 Å². The molecule has 1 saturated heterocycles. The van der Waals surface area contributed by atoms with Gasteiger partial charge in [-0.3, -0.25) is 4.79 Å². The van der Waals surface area contributed by atoms with E-state index in [4.69, 9.17) is 0 Å². The van der Waals surface area contributed by atoms with E-state index in [2.05, 4.69) is 20.9 Å². The Kier molecular flexibility index (Phi) is 4.35. The average Bonchev–Trinajstić information content (AvgIpc) is 3.00. The summed E-state index contributed by atoms with van der Waals surface area (Å²) < 4.78 is 14.0. The lowest BCUT2D eigenvalue weighted by Gasteiger charge is -2.31. The molecule has 1 aromatic heterocycles. The van der Waals surface area contributed by atoms with Crippen LogP contribution in [0.25, 0.3) is 0 Å². The minimum absolute atomic E-state index is 0.104. The smallest absolute Gasteiger partial charge is 0.253 e. The van der Waals surface area contributed by atoms with Crippen molar-refractivity contribution < 1.29 is 9.18 Å². The highest BCUT2D eigenvalue weighted by Gasteiger charge is 2.26. The van der Waals surface area contributed by atoms with Crippen molar-refractivity contribution in [1.29, 1.82) is 0 Å². The van der Waals surface area contributed by atoms with Gasteiger partial charge in [0.2, 0.25) is 0 Å². The highest BCUT2D eigenvalue weighted by Crippen LogP contribution is 2.30. The number of nitrogens with zero attached hydrogens (tertiary/aromatic N) is 2. The van der Waals surface area contributed by atoms with Gasteiger partial charge in [-0.05, 0) is 31.0 Å². The van der Waals surface area contributed by atoms with E-state index in [1.807, 2.05) is 11.6 Å². The highest BCUT2D eigenvalue weighted by atomic mass is 79.9. The van der Waals surface area contributed by atoms with Gasteiger partial charge < -0.3 is 4.90 Å². The zero-order valence-electron chi connectivity index (χ0n) is 11.3. The van der Waals surface area contributed by atoms with Crippen LogP contribution in [0.5, 0.6) is 0 Å². The van der Waals surface area contributed by atoms with Crippen LogP contribution in [-0.2, 0) is 0 Å². The Morgan fingerprint density at radius 1 is 1.33 bits per heavy atom. The molecule has 1 aliphatic heterocycles. The zero-order valence-corrected chi connectivity index (χ0v) is 13.7. The summed E-state index contributed by atoms with van der Waals surface area (Å²) in [4.78, 5) is 18.6. The van der Waals surface area contributed by atoms with Crippen LogP contribution in [0.3, 0.4) is 0 Å². The van der Waals surface area contributed by atoms with Crippen molar-refractivity contribution in [1.82, 2.24) is 9.88 Å². The minimum atomic E-state index is -0.398. The average molecular weight is 369 g/mol. The van der Waals surface area contributed by atoms with Crippen molar-refractivity contribution in [3.05, 3.63) is 50.6 Å². The highest BCUT2D eigenvalue weighted by molar-refractivity contribution is 9.10. The van der Waals surface area contributed by atoms with E-state index in [1.54, 1.807) is 22.3 Å². The Bertz CT molecular complexity index is 619. The van der Waals surface area contributed by atoms with E-state index in [1.165, 1.54) is 12.1 Å². The van der Waals surface area contributed by atoms with Gasteiger partial charge in [-0.25, -0.2) is 9.37 Å². The Morgan fingerprint density at radius 3 is 2.71 bits per heavy atom. The number of halogens is 2. The summed E-state index contributed by atoms with van der Waals surface area (Å²) in [5.74, 6) is -0.0634. The lowest BCUT2D eigenvalue weighted by molar-refractivity contribution is 0.0712. The van der Waals surface area contributed by atoms with Crippen molar-refractivity contribution in [3.8, 4) is 0 Å². The molecule has 2 aromatic rings. The standard InChI is InChI=1S/C15H14BrFN2OS/c16-12-7-11(8-13(17)9-12)15(20)19-4-1-10(2-5-19)14-18-3-6-21-14/h3,6-10H,1-2,4-5H2. The number of aromatic nitrogens is 1. The van der Waals surface area contributed by atoms with Crippen LogP contribution in [0.2, 0.25) is 0 Å². The van der Waals surface area contributed by atoms with Crippen LogP contribution in [-0.4, -0.2) is 28.9 Å². The lowest BCUT2D eigenvalue weighted by atomic mass is 9.97. The van der Waals surface area contributed by atoms with Gasteiger partial charge >= 0.3 is 0 Å². The molecule has 6 heteroatoms. The van der Waals surface area contributed by atoms with Crippen LogP contribution >= 0.6 is 27.3 Å². The summed E-state index contributed by atoms with van der Waals surface area (Å²) in [6.45, 7) is 1.38. The number of hydrogen-bond acceptors (Lipinski definition) is 3. The van der Waals surface area contributed by atoms with Gasteiger partial charge in [-0.15, -0.1) is 11.3 Å². The molecule has 0 saturated carbocycles. The number of rotatable bonds is 2. The van der Waals surface area contributed by atoms with Crippen molar-refractivity contribution in [2.75, 3.05) is 13.1 Å². The van der Waals surface area contributed by atoms with Crippen LogP contribution in [0.4, 0.5) is 4.39 Å². The van der Waals surface area contributed by atoms with E-state index in [0.29, 0.717) is 29.0 Å². The largest absolute Gasteiger partial charge is 0.339 e. The molecule has 0 radical (unpaired) electrons. The summed E-state index contributed by atoms with van der Waals surface area (Å²) in [5.41, 5.74) is 0.398. The summed E-state index contributed by atoms with van der Waals surface area (Å²) in [7, 11) is 0. The van der Waals surface area contributed by atoms with Gasteiger partial charge in [0, 0.05) is 40.6 Å². The van der Waals surface area contributed by atoms with E-state index >= 15 is 0 Å². The maximum atomic E-state index is 13.4. The number of thiazole rings is 1. The molecule has 0 aliphatic carbocycles. The summed E-state index contributed by atoms with van der Waals surface area (Å²) >= 11 is 4.89. The maximum Gasteiger partial charge on any atom is 0.253 e. The molecule has 1 aliphatic rings. The van der Waals surface area contributed by atoms with Gasteiger partial charge in [-0.2, -0.15) is 0 Å². The van der Waals surface area contributed by atoms with E-state index in [-0.39, 0.29) is 5.91 Å². The van der Waals surface area contributed by atoms with Gasteiger partial charge in [0.15, 0.2) is 0 Å². The number of likely N-dealkylation sites (tertiary alicyclic amines) is 1. The monoisotopic (exact) mass is 368 g/mol. The second-order valence-electron chi connectivity index (χ2n) is 5.09. The fourth-order valence-electron chi connectivity index (χ4n) is 2.63. The molecular weight excluding hydrogens is 355 g/mol. The Balaban J connectivity index is 1.67. The third-order valence-electron chi connectivity index (χ3n) is 3.69. The second kappa shape index (κ2) is 6.23. The molecule has 110 valence electrons. The molecule has 1 fully saturated rings. The maximum absolute atomic E-state index is 13.4. The van der Waals surface area contributed by atoms with Gasteiger partial charge in [0.05, 0.1) is 5.01 Å². The molecule has 0 spiro atoms. The SMILES string of the molecule is O=C(c1cc(F)cc(Br)c1)N1CCC(c2nccs2)CC1. The predicted octanol–water partition coefficient (Wildman–Crippen LogP) is 4.06. The summed E-state index contributed by atoms with van der Waals surface area (Å²) in [6.07, 6.45) is 3.65. The quantitative estimate of drug-likeness (QED) is 0.800. The minimum Gasteiger partial charge on any atom is -0.339 e. The van der Waals surface area contributed by atoms with Crippen LogP contribution < -0.4 is 0 Å². The molecule has 21 heavy (non-hydrogen) atoms. The normalized spacial score (nSPS) is 16.2. The van der Waals surface area contributed by atoms with Crippen molar-refractivity contribution in [3.63, 3.8) is 0 Å². The zero-order chi connectivity index (χ0) is 14.8. The fourth-order valence-corrected chi connectivity index (χ4v) is 3.90. The Hall–Kier alpha value is -1.27. The molecule has 0 bridgehead atoms. The molecule has 3 nitrogen and oxygen atoms in total. The van der Waals surface area contributed by atoms with Gasteiger partial charge in [0.1, 0.15) is 5.82 Å². The number of hydrogen-bond donors (Lipinski definition) is 0. The Labute approximate surface area is 134 Å². The van der Waals surface area contributed by atoms with E-state index < -0.39 is 5.82 Å². The first-order valence-corrected chi connectivity index (χ1v) is 8.45. The number of piperidine rings is 1. The number of amides is 1. The van der Waals surface area contributed by atoms with Crippen LogP contribution in [0, 0.1) is 5.82 Å². The van der Waals surface area contributed by atoms with Gasteiger partial charge in [0.25, 0.3) is 5.91 Å². The van der Waals surface area contributed by atoms with Crippen molar-refractivity contribution in [2.24, 2.45) is 0 Å². The second-order valence-corrected chi connectivity index (χ2v) is 6.94.